The summed E-state index contributed by atoms with van der Waals surface area (Å²) < 4.78 is 27.8. The van der Waals surface area contributed by atoms with Gasteiger partial charge in [0.2, 0.25) is 0 Å². The lowest BCUT2D eigenvalue weighted by atomic mass is 9.82. The Morgan fingerprint density at radius 1 is 0.872 bits per heavy atom. The van der Waals surface area contributed by atoms with E-state index in [1.807, 2.05) is 0 Å². The maximum Gasteiger partial charge on any atom is 0.305 e. The lowest BCUT2D eigenvalue weighted by Crippen LogP contribution is -2.57. The fourth-order valence-electron chi connectivity index (χ4n) is 5.29. The van der Waals surface area contributed by atoms with E-state index < -0.39 is 47.5 Å². The predicted octanol–water partition coefficient (Wildman–Crippen LogP) is 4.74. The summed E-state index contributed by atoms with van der Waals surface area (Å²) in [5.74, 6) is -5.36. The molecule has 39 heavy (non-hydrogen) atoms. The van der Waals surface area contributed by atoms with Crippen molar-refractivity contribution in [3.05, 3.63) is 69.2 Å². The summed E-state index contributed by atoms with van der Waals surface area (Å²) in [5.41, 5.74) is -0.217. The molecule has 0 bridgehead atoms. The van der Waals surface area contributed by atoms with Gasteiger partial charge in [-0.15, -0.1) is 0 Å². The molecule has 12 heteroatoms. The highest BCUT2D eigenvalue weighted by Crippen LogP contribution is 2.30. The van der Waals surface area contributed by atoms with Crippen molar-refractivity contribution < 1.29 is 33.1 Å². The molecular formula is C27H27Cl2F2N3O5. The minimum absolute atomic E-state index is 0.0618. The highest BCUT2D eigenvalue weighted by Gasteiger charge is 2.44. The Balaban J connectivity index is 1.67. The Morgan fingerprint density at radius 3 is 2.03 bits per heavy atom. The summed E-state index contributed by atoms with van der Waals surface area (Å²) in [4.78, 5) is 54.4. The quantitative estimate of drug-likeness (QED) is 0.491. The molecule has 0 aromatic heterocycles. The van der Waals surface area contributed by atoms with Gasteiger partial charge < -0.3 is 20.2 Å². The molecule has 2 aromatic rings. The summed E-state index contributed by atoms with van der Waals surface area (Å²) in [6.45, 7) is -0.164. The number of carboxylic acids is 1. The van der Waals surface area contributed by atoms with Gasteiger partial charge >= 0.3 is 5.97 Å². The molecule has 2 aromatic carbocycles. The van der Waals surface area contributed by atoms with Gasteiger partial charge in [-0.25, -0.2) is 8.78 Å². The van der Waals surface area contributed by atoms with Crippen LogP contribution in [0.1, 0.15) is 59.2 Å². The predicted molar refractivity (Wildman–Crippen MR) is 139 cm³/mol. The largest absolute Gasteiger partial charge is 0.481 e. The van der Waals surface area contributed by atoms with Crippen LogP contribution in [0.3, 0.4) is 0 Å². The van der Waals surface area contributed by atoms with Crippen LogP contribution in [-0.4, -0.2) is 63.9 Å². The molecular weight excluding hydrogens is 555 g/mol. The lowest BCUT2D eigenvalue weighted by molar-refractivity contribution is -0.138. The zero-order chi connectivity index (χ0) is 28.3. The first-order valence-electron chi connectivity index (χ1n) is 12.6. The third-order valence-electron chi connectivity index (χ3n) is 7.15. The standard InChI is InChI=1S/C27H27Cl2F2N3O5/c28-20-7-6-16(12-21(20)29)26(38)33-8-9-34(27(39)17-10-18(30)13-19(31)11-17)25(33)24(37)32-22(14-23(35)36)15-4-2-1-3-5-15/h6-7,10-13,15,22,25H,1-5,8-9,14H2,(H,32,37)(H,35,36). The molecule has 208 valence electrons. The number of benzene rings is 2. The van der Waals surface area contributed by atoms with E-state index in [2.05, 4.69) is 5.32 Å². The van der Waals surface area contributed by atoms with Gasteiger partial charge in [-0.2, -0.15) is 0 Å². The Bertz CT molecular complexity index is 1270. The lowest BCUT2D eigenvalue weighted by Gasteiger charge is -2.34. The number of carboxylic acid groups (broad SMARTS) is 1. The van der Waals surface area contributed by atoms with Gasteiger partial charge in [-0.1, -0.05) is 42.5 Å². The Hall–Kier alpha value is -3.24. The summed E-state index contributed by atoms with van der Waals surface area (Å²) in [7, 11) is 0. The SMILES string of the molecule is O=C(O)CC(NC(=O)C1N(C(=O)c2cc(F)cc(F)c2)CCN1C(=O)c1ccc(Cl)c(Cl)c1)C1CCCCC1. The second-order valence-corrected chi connectivity index (χ2v) is 10.6. The Morgan fingerprint density at radius 2 is 1.46 bits per heavy atom. The molecule has 0 spiro atoms. The first kappa shape index (κ1) is 28.8. The fraction of sp³-hybridized carbons (Fsp3) is 0.407. The number of rotatable bonds is 7. The van der Waals surface area contributed by atoms with Crippen molar-refractivity contribution >= 4 is 46.9 Å². The van der Waals surface area contributed by atoms with Crippen LogP contribution in [0.4, 0.5) is 8.78 Å². The summed E-state index contributed by atoms with van der Waals surface area (Å²) in [6.07, 6.45) is 2.47. The maximum absolute atomic E-state index is 13.9. The van der Waals surface area contributed by atoms with Gasteiger partial charge in [-0.3, -0.25) is 19.2 Å². The Kier molecular flexibility index (Phi) is 9.07. The fourth-order valence-corrected chi connectivity index (χ4v) is 5.59. The van der Waals surface area contributed by atoms with Gasteiger partial charge in [0.1, 0.15) is 11.6 Å². The molecule has 1 aliphatic carbocycles. The van der Waals surface area contributed by atoms with Crippen LogP contribution in [0, 0.1) is 17.6 Å². The average Bonchev–Trinajstić information content (AvgIpc) is 3.34. The molecule has 3 amide bonds. The number of halogens is 4. The normalized spacial score (nSPS) is 18.6. The molecule has 2 atom stereocenters. The van der Waals surface area contributed by atoms with Gasteiger partial charge in [0.25, 0.3) is 17.7 Å². The monoisotopic (exact) mass is 581 g/mol. The van der Waals surface area contributed by atoms with E-state index >= 15 is 0 Å². The molecule has 1 saturated carbocycles. The number of nitrogens with one attached hydrogen (secondary N) is 1. The molecule has 2 N–H and O–H groups in total. The molecule has 1 saturated heterocycles. The van der Waals surface area contributed by atoms with E-state index in [9.17, 15) is 33.1 Å². The van der Waals surface area contributed by atoms with Crippen LogP contribution < -0.4 is 5.32 Å². The van der Waals surface area contributed by atoms with E-state index in [-0.39, 0.29) is 46.6 Å². The molecule has 1 aliphatic heterocycles. The van der Waals surface area contributed by atoms with E-state index in [1.54, 1.807) is 0 Å². The number of nitrogens with zero attached hydrogens (tertiary/aromatic N) is 2. The van der Waals surface area contributed by atoms with Crippen molar-refractivity contribution in [2.24, 2.45) is 5.92 Å². The molecule has 1 heterocycles. The van der Waals surface area contributed by atoms with Crippen LogP contribution >= 0.6 is 23.2 Å². The summed E-state index contributed by atoms with van der Waals surface area (Å²) >= 11 is 12.1. The molecule has 2 unspecified atom stereocenters. The highest BCUT2D eigenvalue weighted by atomic mass is 35.5. The number of carbonyl (C=O) groups excluding carboxylic acids is 3. The van der Waals surface area contributed by atoms with Crippen molar-refractivity contribution in [2.75, 3.05) is 13.1 Å². The van der Waals surface area contributed by atoms with Crippen LogP contribution in [0.25, 0.3) is 0 Å². The van der Waals surface area contributed by atoms with E-state index in [4.69, 9.17) is 23.2 Å². The van der Waals surface area contributed by atoms with Crippen molar-refractivity contribution in [2.45, 2.75) is 50.7 Å². The zero-order valence-corrected chi connectivity index (χ0v) is 22.4. The number of carbonyl (C=O) groups is 4. The molecule has 8 nitrogen and oxygen atoms in total. The number of hydrogen-bond donors (Lipinski definition) is 2. The molecule has 2 aliphatic rings. The van der Waals surface area contributed by atoms with Crippen LogP contribution in [0.2, 0.25) is 10.0 Å². The van der Waals surface area contributed by atoms with Crippen molar-refractivity contribution in [3.63, 3.8) is 0 Å². The minimum atomic E-state index is -1.49. The van der Waals surface area contributed by atoms with Crippen molar-refractivity contribution in [3.8, 4) is 0 Å². The van der Waals surface area contributed by atoms with Crippen LogP contribution in [0.5, 0.6) is 0 Å². The first-order valence-corrected chi connectivity index (χ1v) is 13.4. The van der Waals surface area contributed by atoms with E-state index in [0.717, 1.165) is 54.0 Å². The van der Waals surface area contributed by atoms with Gasteiger partial charge in [0, 0.05) is 36.3 Å². The van der Waals surface area contributed by atoms with Crippen LogP contribution in [-0.2, 0) is 9.59 Å². The maximum atomic E-state index is 13.9. The first-order chi connectivity index (χ1) is 18.5. The highest BCUT2D eigenvalue weighted by molar-refractivity contribution is 6.42. The van der Waals surface area contributed by atoms with Crippen molar-refractivity contribution in [1.29, 1.82) is 0 Å². The smallest absolute Gasteiger partial charge is 0.305 e. The third kappa shape index (κ3) is 6.67. The minimum Gasteiger partial charge on any atom is -0.481 e. The molecule has 2 fully saturated rings. The third-order valence-corrected chi connectivity index (χ3v) is 7.88. The van der Waals surface area contributed by atoms with Gasteiger partial charge in [0.05, 0.1) is 16.5 Å². The second-order valence-electron chi connectivity index (χ2n) is 9.77. The molecule has 4 rings (SSSR count). The average molecular weight is 582 g/mol. The van der Waals surface area contributed by atoms with Crippen LogP contribution in [0.15, 0.2) is 36.4 Å². The Labute approximate surface area is 233 Å². The van der Waals surface area contributed by atoms with Gasteiger partial charge in [-0.05, 0) is 49.1 Å². The van der Waals surface area contributed by atoms with E-state index in [1.165, 1.54) is 18.2 Å². The second kappa shape index (κ2) is 12.3. The van der Waals surface area contributed by atoms with E-state index in [0.29, 0.717) is 6.07 Å². The number of amides is 3. The molecule has 0 radical (unpaired) electrons. The van der Waals surface area contributed by atoms with Gasteiger partial charge in [0.15, 0.2) is 6.17 Å². The summed E-state index contributed by atoms with van der Waals surface area (Å²) in [6, 6.07) is 5.77. The summed E-state index contributed by atoms with van der Waals surface area (Å²) in [5, 5.41) is 12.6. The topological polar surface area (TPSA) is 107 Å². The zero-order valence-electron chi connectivity index (χ0n) is 20.8. The number of aliphatic carboxylic acids is 1. The number of hydrogen-bond acceptors (Lipinski definition) is 4. The van der Waals surface area contributed by atoms with Crippen molar-refractivity contribution in [1.82, 2.24) is 15.1 Å².